The molecule has 0 fully saturated rings. The molecule has 0 radical (unpaired) electrons. The summed E-state index contributed by atoms with van der Waals surface area (Å²) in [5, 5.41) is 1.04. The Morgan fingerprint density at radius 3 is 1.35 bits per heavy atom. The van der Waals surface area contributed by atoms with Gasteiger partial charge in [0.25, 0.3) is 0 Å². The van der Waals surface area contributed by atoms with E-state index in [9.17, 15) is 0 Å². The van der Waals surface area contributed by atoms with Gasteiger partial charge >= 0.3 is 0 Å². The van der Waals surface area contributed by atoms with E-state index in [-0.39, 0.29) is 0 Å². The molecule has 9 rings (SSSR count). The summed E-state index contributed by atoms with van der Waals surface area (Å²) in [5.41, 5.74) is 8.97. The van der Waals surface area contributed by atoms with Crippen LogP contribution in [0.5, 0.6) is 0 Å². The van der Waals surface area contributed by atoms with E-state index >= 15 is 0 Å². The number of benzene rings is 6. The predicted octanol–water partition coefficient (Wildman–Crippen LogP) is 11.0. The van der Waals surface area contributed by atoms with Gasteiger partial charge in [0.15, 0.2) is 23.3 Å². The standard InChI is InChI=1S/C43H27N5S/c1-5-14-28(15-6-1)29-24-26-33(27-25-29)40-44-36(30-16-7-2-8-17-30)39-37(45-40)34-22-13-23-35(38(34)49-39)43-47-41(31-18-9-3-10-19-31)46-42(48-43)32-20-11-4-12-21-32/h1-27H. The molecule has 0 amide bonds. The molecule has 0 saturated carbocycles. The zero-order chi connectivity index (χ0) is 32.6. The Morgan fingerprint density at radius 1 is 0.306 bits per heavy atom. The molecule has 3 aromatic heterocycles. The van der Waals surface area contributed by atoms with E-state index < -0.39 is 0 Å². The van der Waals surface area contributed by atoms with Crippen LogP contribution in [0.25, 0.3) is 88.2 Å². The van der Waals surface area contributed by atoms with Gasteiger partial charge in [0.2, 0.25) is 0 Å². The summed E-state index contributed by atoms with van der Waals surface area (Å²) in [5.74, 6) is 2.58. The Kier molecular flexibility index (Phi) is 7.26. The highest BCUT2D eigenvalue weighted by Gasteiger charge is 2.21. The molecular formula is C43H27N5S. The van der Waals surface area contributed by atoms with Gasteiger partial charge < -0.3 is 0 Å². The molecule has 0 N–H and O–H groups in total. The van der Waals surface area contributed by atoms with E-state index in [2.05, 4.69) is 91.0 Å². The van der Waals surface area contributed by atoms with Crippen LogP contribution < -0.4 is 0 Å². The third-order valence-corrected chi connectivity index (χ3v) is 9.81. The van der Waals surface area contributed by atoms with Crippen LogP contribution in [0.2, 0.25) is 0 Å². The molecule has 9 aromatic rings. The van der Waals surface area contributed by atoms with Crippen molar-refractivity contribution in [1.29, 1.82) is 0 Å². The largest absolute Gasteiger partial charge is 0.226 e. The molecule has 49 heavy (non-hydrogen) atoms. The van der Waals surface area contributed by atoms with Crippen molar-refractivity contribution >= 4 is 31.6 Å². The number of nitrogens with zero attached hydrogens (tertiary/aromatic N) is 5. The summed E-state index contributed by atoms with van der Waals surface area (Å²) in [7, 11) is 0. The summed E-state index contributed by atoms with van der Waals surface area (Å²) in [4.78, 5) is 25.4. The van der Waals surface area contributed by atoms with Gasteiger partial charge in [-0.2, -0.15) is 0 Å². The second-order valence-electron chi connectivity index (χ2n) is 11.7. The van der Waals surface area contributed by atoms with Crippen LogP contribution in [0.3, 0.4) is 0 Å². The number of rotatable bonds is 6. The molecular weight excluding hydrogens is 619 g/mol. The van der Waals surface area contributed by atoms with Gasteiger partial charge in [-0.1, -0.05) is 158 Å². The molecule has 0 aliphatic heterocycles. The van der Waals surface area contributed by atoms with Gasteiger partial charge in [0.05, 0.1) is 15.9 Å². The Labute approximate surface area is 287 Å². The minimum absolute atomic E-state index is 0.621. The molecule has 0 aliphatic carbocycles. The number of fused-ring (bicyclic) bond motifs is 3. The van der Waals surface area contributed by atoms with E-state index in [1.54, 1.807) is 11.3 Å². The molecule has 0 atom stereocenters. The van der Waals surface area contributed by atoms with Crippen molar-refractivity contribution in [1.82, 2.24) is 24.9 Å². The zero-order valence-corrected chi connectivity index (χ0v) is 27.0. The van der Waals surface area contributed by atoms with Crippen molar-refractivity contribution < 1.29 is 0 Å². The molecule has 0 saturated heterocycles. The average molecular weight is 646 g/mol. The topological polar surface area (TPSA) is 64.5 Å². The molecule has 0 spiro atoms. The highest BCUT2D eigenvalue weighted by molar-refractivity contribution is 7.26. The van der Waals surface area contributed by atoms with Gasteiger partial charge in [-0.05, 0) is 17.2 Å². The molecule has 0 bridgehead atoms. The molecule has 0 unspecified atom stereocenters. The van der Waals surface area contributed by atoms with Gasteiger partial charge in [-0.25, -0.2) is 24.9 Å². The first kappa shape index (κ1) is 28.8. The van der Waals surface area contributed by atoms with Gasteiger partial charge in [-0.3, -0.25) is 0 Å². The summed E-state index contributed by atoms with van der Waals surface area (Å²) >= 11 is 1.69. The van der Waals surface area contributed by atoms with E-state index in [0.717, 1.165) is 59.4 Å². The number of thiophene rings is 1. The first-order chi connectivity index (χ1) is 24.3. The second-order valence-corrected chi connectivity index (χ2v) is 12.7. The fourth-order valence-electron chi connectivity index (χ4n) is 6.13. The van der Waals surface area contributed by atoms with Crippen LogP contribution in [0, 0.1) is 0 Å². The Morgan fingerprint density at radius 2 is 0.755 bits per heavy atom. The normalized spacial score (nSPS) is 11.3. The smallest absolute Gasteiger partial charge is 0.165 e. The van der Waals surface area contributed by atoms with Crippen molar-refractivity contribution in [3.63, 3.8) is 0 Å². The average Bonchev–Trinajstić information content (AvgIpc) is 3.58. The Balaban J connectivity index is 1.25. The summed E-state index contributed by atoms with van der Waals surface area (Å²) in [6.45, 7) is 0. The number of aromatic nitrogens is 5. The predicted molar refractivity (Wildman–Crippen MR) is 201 cm³/mol. The molecule has 3 heterocycles. The van der Waals surface area contributed by atoms with Gasteiger partial charge in [-0.15, -0.1) is 11.3 Å². The fourth-order valence-corrected chi connectivity index (χ4v) is 7.39. The zero-order valence-electron chi connectivity index (χ0n) is 26.2. The van der Waals surface area contributed by atoms with Crippen LogP contribution in [0.1, 0.15) is 0 Å². The lowest BCUT2D eigenvalue weighted by atomic mass is 10.0. The molecule has 5 nitrogen and oxygen atoms in total. The molecule has 6 aromatic carbocycles. The molecule has 0 aliphatic rings. The van der Waals surface area contributed by atoms with Crippen molar-refractivity contribution in [3.8, 4) is 67.9 Å². The first-order valence-corrected chi connectivity index (χ1v) is 16.9. The summed E-state index contributed by atoms with van der Waals surface area (Å²) in [6.07, 6.45) is 0. The Hall–Kier alpha value is -6.37. The molecule has 6 heteroatoms. The summed E-state index contributed by atoms with van der Waals surface area (Å²) < 4.78 is 2.09. The van der Waals surface area contributed by atoms with Crippen LogP contribution >= 0.6 is 11.3 Å². The summed E-state index contributed by atoms with van der Waals surface area (Å²) in [6, 6.07) is 55.7. The van der Waals surface area contributed by atoms with Gasteiger partial charge in [0.1, 0.15) is 0 Å². The lowest BCUT2D eigenvalue weighted by Crippen LogP contribution is -2.00. The minimum atomic E-state index is 0.621. The third kappa shape index (κ3) is 5.44. The van der Waals surface area contributed by atoms with E-state index in [4.69, 9.17) is 24.9 Å². The van der Waals surface area contributed by atoms with Gasteiger partial charge in [0, 0.05) is 37.9 Å². The third-order valence-electron chi connectivity index (χ3n) is 8.58. The maximum Gasteiger partial charge on any atom is 0.165 e. The monoisotopic (exact) mass is 645 g/mol. The van der Waals surface area contributed by atoms with Crippen molar-refractivity contribution in [2.24, 2.45) is 0 Å². The Bertz CT molecular complexity index is 2510. The van der Waals surface area contributed by atoms with Crippen molar-refractivity contribution in [2.45, 2.75) is 0 Å². The van der Waals surface area contributed by atoms with Crippen molar-refractivity contribution in [3.05, 3.63) is 164 Å². The van der Waals surface area contributed by atoms with Crippen LogP contribution in [0.4, 0.5) is 0 Å². The second kappa shape index (κ2) is 12.3. The van der Waals surface area contributed by atoms with Crippen LogP contribution in [-0.2, 0) is 0 Å². The first-order valence-electron chi connectivity index (χ1n) is 16.1. The van der Waals surface area contributed by atoms with E-state index in [1.165, 1.54) is 5.56 Å². The molecule has 230 valence electrons. The van der Waals surface area contributed by atoms with E-state index in [0.29, 0.717) is 23.3 Å². The van der Waals surface area contributed by atoms with Crippen LogP contribution in [-0.4, -0.2) is 24.9 Å². The maximum absolute atomic E-state index is 5.23. The quantitative estimate of drug-likeness (QED) is 0.180. The van der Waals surface area contributed by atoms with Crippen molar-refractivity contribution in [2.75, 3.05) is 0 Å². The maximum atomic E-state index is 5.23. The highest BCUT2D eigenvalue weighted by Crippen LogP contribution is 2.43. The minimum Gasteiger partial charge on any atom is -0.226 e. The number of hydrogen-bond acceptors (Lipinski definition) is 6. The highest BCUT2D eigenvalue weighted by atomic mass is 32.1. The lowest BCUT2D eigenvalue weighted by molar-refractivity contribution is 1.08. The van der Waals surface area contributed by atoms with E-state index in [1.807, 2.05) is 72.8 Å². The number of hydrogen-bond donors (Lipinski definition) is 0. The lowest BCUT2D eigenvalue weighted by Gasteiger charge is -2.09. The van der Waals surface area contributed by atoms with Crippen LogP contribution in [0.15, 0.2) is 164 Å². The fraction of sp³-hybridized carbons (Fsp3) is 0. The SMILES string of the molecule is c1ccc(-c2ccc(-c3nc(-c4ccccc4)c4sc5c(-c6nc(-c7ccccc7)nc(-c7ccccc7)n6)cccc5c4n3)cc2)cc1.